The van der Waals surface area contributed by atoms with Gasteiger partial charge in [0.2, 0.25) is 0 Å². The molecule has 28 heavy (non-hydrogen) atoms. The molecule has 0 aromatic rings. The Morgan fingerprint density at radius 3 is 1.79 bits per heavy atom. The predicted octanol–water partition coefficient (Wildman–Crippen LogP) is 3.48. The fourth-order valence-electron chi connectivity index (χ4n) is 5.71. The molecule has 2 aliphatic heterocycles. The number of piperazine rings is 2. The van der Waals surface area contributed by atoms with Crippen LogP contribution in [0.5, 0.6) is 0 Å². The quantitative estimate of drug-likeness (QED) is 0.657. The molecule has 1 atom stereocenters. The highest BCUT2D eigenvalue weighted by Crippen LogP contribution is 2.38. The van der Waals surface area contributed by atoms with Gasteiger partial charge in [0.25, 0.3) is 0 Å². The molecule has 4 heteroatoms. The molecule has 0 aromatic carbocycles. The molecular formula is C24H48N4. The van der Waals surface area contributed by atoms with Gasteiger partial charge < -0.3 is 9.80 Å². The molecule has 4 nitrogen and oxygen atoms in total. The maximum atomic E-state index is 2.76. The molecule has 0 N–H and O–H groups in total. The molecular weight excluding hydrogens is 344 g/mol. The average Bonchev–Trinajstić information content (AvgIpc) is 2.59. The van der Waals surface area contributed by atoms with Gasteiger partial charge in [0.05, 0.1) is 0 Å². The van der Waals surface area contributed by atoms with Crippen LogP contribution in [0.3, 0.4) is 0 Å². The van der Waals surface area contributed by atoms with Crippen LogP contribution in [0.1, 0.15) is 60.8 Å². The van der Waals surface area contributed by atoms with E-state index in [1.807, 2.05) is 0 Å². The Hall–Kier alpha value is -0.160. The lowest BCUT2D eigenvalue weighted by atomic mass is 9.71. The first-order chi connectivity index (χ1) is 13.2. The smallest absolute Gasteiger partial charge is 0.0113 e. The lowest BCUT2D eigenvalue weighted by molar-refractivity contribution is 0.0416. The van der Waals surface area contributed by atoms with Gasteiger partial charge in [0, 0.05) is 77.5 Å². The van der Waals surface area contributed by atoms with Crippen LogP contribution in [0.2, 0.25) is 0 Å². The van der Waals surface area contributed by atoms with Crippen LogP contribution >= 0.6 is 0 Å². The van der Waals surface area contributed by atoms with Gasteiger partial charge in [-0.2, -0.15) is 0 Å². The Labute approximate surface area is 175 Å². The van der Waals surface area contributed by atoms with E-state index < -0.39 is 0 Å². The summed E-state index contributed by atoms with van der Waals surface area (Å²) < 4.78 is 0. The standard InChI is InChI=1S/C24H48N4/c1-20(2)27-11-7-25(8-12-27)18-23-16-22(17-23)15-21(3)28-13-9-26(10-14-28)19-24(4,5)6/h20-23H,7-19H2,1-6H3. The lowest BCUT2D eigenvalue weighted by Crippen LogP contribution is -2.52. The van der Waals surface area contributed by atoms with Gasteiger partial charge in [-0.3, -0.25) is 9.80 Å². The number of hydrogen-bond acceptors (Lipinski definition) is 4. The molecule has 1 saturated carbocycles. The molecule has 1 unspecified atom stereocenters. The number of nitrogens with zero attached hydrogens (tertiary/aromatic N) is 4. The van der Waals surface area contributed by atoms with Crippen LogP contribution in [0, 0.1) is 17.3 Å². The van der Waals surface area contributed by atoms with Crippen molar-refractivity contribution in [3.05, 3.63) is 0 Å². The lowest BCUT2D eigenvalue weighted by Gasteiger charge is -2.45. The van der Waals surface area contributed by atoms with Crippen molar-refractivity contribution in [2.24, 2.45) is 17.3 Å². The van der Waals surface area contributed by atoms with Gasteiger partial charge in [0.15, 0.2) is 0 Å². The molecule has 3 aliphatic rings. The predicted molar refractivity (Wildman–Crippen MR) is 121 cm³/mol. The Bertz CT molecular complexity index is 450. The fraction of sp³-hybridized carbons (Fsp3) is 1.00. The summed E-state index contributed by atoms with van der Waals surface area (Å²) in [5.41, 5.74) is 0.427. The van der Waals surface area contributed by atoms with E-state index in [0.29, 0.717) is 11.5 Å². The van der Waals surface area contributed by atoms with Crippen molar-refractivity contribution < 1.29 is 0 Å². The zero-order valence-electron chi connectivity index (χ0n) is 19.8. The molecule has 0 spiro atoms. The highest BCUT2D eigenvalue weighted by Gasteiger charge is 2.34. The summed E-state index contributed by atoms with van der Waals surface area (Å²) in [5.74, 6) is 1.97. The fourth-order valence-corrected chi connectivity index (χ4v) is 5.71. The summed E-state index contributed by atoms with van der Waals surface area (Å²) in [5, 5.41) is 0. The normalized spacial score (nSPS) is 30.5. The second kappa shape index (κ2) is 9.76. The molecule has 0 amide bonds. The minimum atomic E-state index is 0.427. The monoisotopic (exact) mass is 392 g/mol. The number of rotatable bonds is 7. The summed E-state index contributed by atoms with van der Waals surface area (Å²) in [6.07, 6.45) is 4.40. The van der Waals surface area contributed by atoms with Crippen molar-refractivity contribution >= 4 is 0 Å². The topological polar surface area (TPSA) is 13.0 Å². The molecule has 2 heterocycles. The maximum absolute atomic E-state index is 2.76. The highest BCUT2D eigenvalue weighted by molar-refractivity contribution is 4.87. The zero-order valence-corrected chi connectivity index (χ0v) is 19.8. The Balaban J connectivity index is 1.28. The largest absolute Gasteiger partial charge is 0.301 e. The van der Waals surface area contributed by atoms with E-state index in [-0.39, 0.29) is 0 Å². The third-order valence-electron chi connectivity index (χ3n) is 7.39. The minimum absolute atomic E-state index is 0.427. The van der Waals surface area contributed by atoms with E-state index in [1.54, 1.807) is 0 Å². The second-order valence-corrected chi connectivity index (χ2v) is 11.6. The van der Waals surface area contributed by atoms with E-state index in [2.05, 4.69) is 61.1 Å². The Morgan fingerprint density at radius 1 is 0.714 bits per heavy atom. The maximum Gasteiger partial charge on any atom is 0.0113 e. The van der Waals surface area contributed by atoms with E-state index >= 15 is 0 Å². The first-order valence-electron chi connectivity index (χ1n) is 12.1. The first-order valence-corrected chi connectivity index (χ1v) is 12.1. The van der Waals surface area contributed by atoms with Crippen molar-refractivity contribution in [3.8, 4) is 0 Å². The van der Waals surface area contributed by atoms with Crippen molar-refractivity contribution in [3.63, 3.8) is 0 Å². The molecule has 3 fully saturated rings. The number of hydrogen-bond donors (Lipinski definition) is 0. The third-order valence-corrected chi connectivity index (χ3v) is 7.39. The SMILES string of the molecule is CC(C)N1CCN(CC2CC(CC(C)N3CCN(CC(C)(C)C)CC3)C2)CC1. The molecule has 0 aromatic heterocycles. The summed E-state index contributed by atoms with van der Waals surface area (Å²) >= 11 is 0. The van der Waals surface area contributed by atoms with Gasteiger partial charge in [0.1, 0.15) is 0 Å². The van der Waals surface area contributed by atoms with Gasteiger partial charge in [-0.05, 0) is 57.3 Å². The van der Waals surface area contributed by atoms with Crippen LogP contribution in [-0.2, 0) is 0 Å². The van der Waals surface area contributed by atoms with Crippen molar-refractivity contribution in [2.45, 2.75) is 72.9 Å². The summed E-state index contributed by atoms with van der Waals surface area (Å²) in [6, 6.07) is 1.49. The summed E-state index contributed by atoms with van der Waals surface area (Å²) in [7, 11) is 0. The van der Waals surface area contributed by atoms with Crippen LogP contribution in [0.25, 0.3) is 0 Å². The molecule has 0 bridgehead atoms. The molecule has 0 radical (unpaired) electrons. The van der Waals surface area contributed by atoms with Crippen LogP contribution in [-0.4, -0.2) is 97.1 Å². The Morgan fingerprint density at radius 2 is 1.25 bits per heavy atom. The highest BCUT2D eigenvalue weighted by atomic mass is 15.3. The van der Waals surface area contributed by atoms with Gasteiger partial charge in [-0.15, -0.1) is 0 Å². The van der Waals surface area contributed by atoms with Gasteiger partial charge in [-0.1, -0.05) is 20.8 Å². The Kier molecular flexibility index (Phi) is 7.86. The van der Waals surface area contributed by atoms with Crippen LogP contribution < -0.4 is 0 Å². The van der Waals surface area contributed by atoms with Crippen LogP contribution in [0.4, 0.5) is 0 Å². The first kappa shape index (κ1) is 22.5. The summed E-state index contributed by atoms with van der Waals surface area (Å²) in [6.45, 7) is 27.0. The van der Waals surface area contributed by atoms with E-state index in [9.17, 15) is 0 Å². The van der Waals surface area contributed by atoms with Crippen molar-refractivity contribution in [1.29, 1.82) is 0 Å². The molecule has 164 valence electrons. The van der Waals surface area contributed by atoms with Gasteiger partial charge in [-0.25, -0.2) is 0 Å². The van der Waals surface area contributed by atoms with E-state index in [4.69, 9.17) is 0 Å². The van der Waals surface area contributed by atoms with E-state index in [1.165, 1.54) is 84.7 Å². The van der Waals surface area contributed by atoms with Crippen LogP contribution in [0.15, 0.2) is 0 Å². The van der Waals surface area contributed by atoms with E-state index in [0.717, 1.165) is 17.9 Å². The zero-order chi connectivity index (χ0) is 20.3. The molecule has 1 aliphatic carbocycles. The van der Waals surface area contributed by atoms with Crippen molar-refractivity contribution in [1.82, 2.24) is 19.6 Å². The summed E-state index contributed by atoms with van der Waals surface area (Å²) in [4.78, 5) is 10.8. The molecule has 2 saturated heterocycles. The third kappa shape index (κ3) is 6.68. The molecule has 3 rings (SSSR count). The minimum Gasteiger partial charge on any atom is -0.301 e. The van der Waals surface area contributed by atoms with Gasteiger partial charge >= 0.3 is 0 Å². The van der Waals surface area contributed by atoms with Crippen molar-refractivity contribution in [2.75, 3.05) is 65.4 Å². The average molecular weight is 393 g/mol. The second-order valence-electron chi connectivity index (χ2n) is 11.6.